The van der Waals surface area contributed by atoms with Crippen LogP contribution in [0.1, 0.15) is 33.1 Å². The van der Waals surface area contributed by atoms with Gasteiger partial charge in [-0.3, -0.25) is 0 Å². The van der Waals surface area contributed by atoms with Crippen LogP contribution in [0, 0.1) is 0 Å². The number of hydrogen-bond acceptors (Lipinski definition) is 4. The van der Waals surface area contributed by atoms with E-state index in [2.05, 4.69) is 0 Å². The molecule has 1 rings (SSSR count). The maximum atomic E-state index is 5.58. The molecule has 0 aliphatic carbocycles. The summed E-state index contributed by atoms with van der Waals surface area (Å²) in [5.74, 6) is 0. The predicted molar refractivity (Wildman–Crippen MR) is 68.2 cm³/mol. The molecule has 1 radical (unpaired) electrons. The van der Waals surface area contributed by atoms with Crippen molar-refractivity contribution >= 4 is 9.28 Å². The van der Waals surface area contributed by atoms with Crippen molar-refractivity contribution in [2.24, 2.45) is 0 Å². The molecule has 1 atom stereocenters. The first-order chi connectivity index (χ1) is 8.36. The van der Waals surface area contributed by atoms with Gasteiger partial charge in [0.05, 0.1) is 12.7 Å². The molecule has 1 unspecified atom stereocenters. The average Bonchev–Trinajstić information content (AvgIpc) is 3.12. The van der Waals surface area contributed by atoms with E-state index in [4.69, 9.17) is 18.3 Å². The minimum Gasteiger partial charge on any atom is -0.394 e. The van der Waals surface area contributed by atoms with Crippen LogP contribution >= 0.6 is 0 Å². The summed E-state index contributed by atoms with van der Waals surface area (Å²) in [6.45, 7) is 8.05. The van der Waals surface area contributed by atoms with Gasteiger partial charge >= 0.3 is 9.28 Å². The minimum atomic E-state index is -1.09. The van der Waals surface area contributed by atoms with Gasteiger partial charge in [-0.2, -0.15) is 0 Å². The van der Waals surface area contributed by atoms with Crippen molar-refractivity contribution in [3.8, 4) is 0 Å². The molecule has 17 heavy (non-hydrogen) atoms. The summed E-state index contributed by atoms with van der Waals surface area (Å²) >= 11 is 0. The number of hydrogen-bond donors (Lipinski definition) is 0. The zero-order valence-corrected chi connectivity index (χ0v) is 12.1. The van der Waals surface area contributed by atoms with Gasteiger partial charge in [0, 0.05) is 32.5 Å². The van der Waals surface area contributed by atoms with Gasteiger partial charge in [-0.15, -0.1) is 0 Å². The highest BCUT2D eigenvalue weighted by atomic mass is 28.3. The lowest BCUT2D eigenvalue weighted by Gasteiger charge is -2.13. The van der Waals surface area contributed by atoms with Crippen LogP contribution in [-0.2, 0) is 18.3 Å². The normalized spacial score (nSPS) is 18.9. The first kappa shape index (κ1) is 15.1. The lowest BCUT2D eigenvalue weighted by molar-refractivity contribution is 0.130. The molecule has 1 saturated heterocycles. The highest BCUT2D eigenvalue weighted by Gasteiger charge is 2.21. The molecule has 0 N–H and O–H groups in total. The zero-order valence-electron chi connectivity index (χ0n) is 11.1. The summed E-state index contributed by atoms with van der Waals surface area (Å²) in [6.07, 6.45) is 4.08. The Morgan fingerprint density at radius 1 is 1.12 bits per heavy atom. The molecule has 0 spiro atoms. The van der Waals surface area contributed by atoms with Crippen molar-refractivity contribution in [3.05, 3.63) is 0 Å². The molecular formula is C12H25O4Si. The largest absolute Gasteiger partial charge is 0.394 e. The van der Waals surface area contributed by atoms with Gasteiger partial charge in [-0.05, 0) is 33.1 Å². The van der Waals surface area contributed by atoms with Crippen molar-refractivity contribution in [2.45, 2.75) is 45.3 Å². The SMILES string of the molecule is CCO[Si](CCOCCCCC1CO1)OCC. The summed E-state index contributed by atoms with van der Waals surface area (Å²) in [7, 11) is -1.09. The predicted octanol–water partition coefficient (Wildman–Crippen LogP) is 2.13. The molecule has 4 nitrogen and oxygen atoms in total. The van der Waals surface area contributed by atoms with Gasteiger partial charge in [-0.1, -0.05) is 0 Å². The van der Waals surface area contributed by atoms with Gasteiger partial charge in [-0.25, -0.2) is 0 Å². The first-order valence-corrected chi connectivity index (χ1v) is 8.20. The fourth-order valence-corrected chi connectivity index (χ4v) is 2.90. The minimum absolute atomic E-state index is 0.556. The Morgan fingerprint density at radius 2 is 1.82 bits per heavy atom. The van der Waals surface area contributed by atoms with E-state index in [-0.39, 0.29) is 0 Å². The summed E-state index contributed by atoms with van der Waals surface area (Å²) < 4.78 is 21.8. The molecule has 1 heterocycles. The van der Waals surface area contributed by atoms with Crippen LogP contribution in [0.3, 0.4) is 0 Å². The third-order valence-electron chi connectivity index (χ3n) is 2.53. The third kappa shape index (κ3) is 8.74. The second kappa shape index (κ2) is 10.0. The van der Waals surface area contributed by atoms with Crippen LogP contribution in [0.4, 0.5) is 0 Å². The topological polar surface area (TPSA) is 40.2 Å². The lowest BCUT2D eigenvalue weighted by atomic mass is 10.2. The molecule has 5 heteroatoms. The van der Waals surface area contributed by atoms with E-state index in [1.165, 1.54) is 12.8 Å². The fourth-order valence-electron chi connectivity index (χ4n) is 1.58. The second-order valence-corrected chi connectivity index (χ2v) is 5.87. The van der Waals surface area contributed by atoms with Crippen LogP contribution in [0.25, 0.3) is 0 Å². The fraction of sp³-hybridized carbons (Fsp3) is 1.00. The summed E-state index contributed by atoms with van der Waals surface area (Å²) in [5, 5.41) is 0. The number of ether oxygens (including phenoxy) is 2. The Morgan fingerprint density at radius 3 is 2.41 bits per heavy atom. The van der Waals surface area contributed by atoms with E-state index >= 15 is 0 Å². The molecule has 1 fully saturated rings. The number of epoxide rings is 1. The highest BCUT2D eigenvalue weighted by Crippen LogP contribution is 2.16. The molecule has 0 aromatic carbocycles. The standard InChI is InChI=1S/C12H25O4Si/c1-3-15-17(16-4-2)10-9-13-8-6-5-7-12-11-14-12/h12H,3-11H2,1-2H3. The second-order valence-electron chi connectivity index (χ2n) is 4.05. The molecule has 0 saturated carbocycles. The van der Waals surface area contributed by atoms with Gasteiger partial charge in [0.2, 0.25) is 0 Å². The smallest absolute Gasteiger partial charge is 0.386 e. The summed E-state index contributed by atoms with van der Waals surface area (Å²) in [5.41, 5.74) is 0. The Kier molecular flexibility index (Phi) is 8.91. The average molecular weight is 261 g/mol. The van der Waals surface area contributed by atoms with Crippen molar-refractivity contribution in [1.29, 1.82) is 0 Å². The van der Waals surface area contributed by atoms with Crippen molar-refractivity contribution in [2.75, 3.05) is 33.0 Å². The Hall–Kier alpha value is 0.0569. The van der Waals surface area contributed by atoms with Crippen LogP contribution < -0.4 is 0 Å². The van der Waals surface area contributed by atoms with Crippen molar-refractivity contribution < 1.29 is 18.3 Å². The number of rotatable bonds is 12. The maximum Gasteiger partial charge on any atom is 0.386 e. The molecule has 0 aromatic heterocycles. The van der Waals surface area contributed by atoms with Gasteiger partial charge in [0.1, 0.15) is 0 Å². The molecule has 1 aliphatic rings. The Balaban J connectivity index is 1.82. The molecule has 1 aliphatic heterocycles. The molecule has 0 bridgehead atoms. The maximum absolute atomic E-state index is 5.58. The van der Waals surface area contributed by atoms with E-state index in [0.29, 0.717) is 6.10 Å². The first-order valence-electron chi connectivity index (χ1n) is 6.67. The summed E-state index contributed by atoms with van der Waals surface area (Å²) in [4.78, 5) is 0. The molecule has 0 aromatic rings. The molecule has 101 valence electrons. The van der Waals surface area contributed by atoms with Crippen molar-refractivity contribution in [1.82, 2.24) is 0 Å². The van der Waals surface area contributed by atoms with E-state index in [1.54, 1.807) is 0 Å². The van der Waals surface area contributed by atoms with Crippen molar-refractivity contribution in [3.63, 3.8) is 0 Å². The van der Waals surface area contributed by atoms with E-state index in [1.807, 2.05) is 13.8 Å². The quantitative estimate of drug-likeness (QED) is 0.306. The summed E-state index contributed by atoms with van der Waals surface area (Å²) in [6, 6.07) is 0.915. The number of unbranched alkanes of at least 4 members (excludes halogenated alkanes) is 1. The van der Waals surface area contributed by atoms with Gasteiger partial charge in [0.15, 0.2) is 0 Å². The Bertz CT molecular complexity index is 170. The monoisotopic (exact) mass is 261 g/mol. The highest BCUT2D eigenvalue weighted by molar-refractivity contribution is 6.44. The van der Waals surface area contributed by atoms with E-state index in [0.717, 1.165) is 45.5 Å². The molecular weight excluding hydrogens is 236 g/mol. The van der Waals surface area contributed by atoms with E-state index in [9.17, 15) is 0 Å². The molecule has 0 amide bonds. The van der Waals surface area contributed by atoms with Crippen LogP contribution in [0.2, 0.25) is 6.04 Å². The Labute approximate surface area is 106 Å². The van der Waals surface area contributed by atoms with Crippen LogP contribution in [0.15, 0.2) is 0 Å². The lowest BCUT2D eigenvalue weighted by Crippen LogP contribution is -2.24. The van der Waals surface area contributed by atoms with Crippen LogP contribution in [-0.4, -0.2) is 48.4 Å². The zero-order chi connectivity index (χ0) is 12.3. The van der Waals surface area contributed by atoms with Gasteiger partial charge in [0.25, 0.3) is 0 Å². The van der Waals surface area contributed by atoms with Crippen LogP contribution in [0.5, 0.6) is 0 Å². The third-order valence-corrected chi connectivity index (χ3v) is 4.36. The van der Waals surface area contributed by atoms with Gasteiger partial charge < -0.3 is 18.3 Å². The van der Waals surface area contributed by atoms with E-state index < -0.39 is 9.28 Å².